The van der Waals surface area contributed by atoms with Crippen LogP contribution in [-0.2, 0) is 6.42 Å². The molecule has 2 N–H and O–H groups in total. The minimum Gasteiger partial charge on any atom is -0.505 e. The number of pyridine rings is 2. The second kappa shape index (κ2) is 8.33. The molecule has 0 saturated heterocycles. The number of nitrogens with one attached hydrogen (secondary N) is 1. The third kappa shape index (κ3) is 3.93. The van der Waals surface area contributed by atoms with Crippen molar-refractivity contribution in [2.24, 2.45) is 0 Å². The van der Waals surface area contributed by atoms with E-state index in [1.807, 2.05) is 60.7 Å². The van der Waals surface area contributed by atoms with Crippen LogP contribution < -0.4 is 5.32 Å². The Hall–Kier alpha value is -3.37. The average molecular weight is 402 g/mol. The average Bonchev–Trinajstić information content (AvgIpc) is 2.76. The smallest absolute Gasteiger partial charge is 0.145 e. The lowest BCUT2D eigenvalue weighted by atomic mass is 9.92. The Bertz CT molecular complexity index is 1140. The molecule has 0 spiro atoms. The molecule has 0 aliphatic heterocycles. The number of hydrogen-bond acceptors (Lipinski definition) is 4. The number of halogens is 1. The Kier molecular flexibility index (Phi) is 5.45. The van der Waals surface area contributed by atoms with Gasteiger partial charge in [0.05, 0.1) is 6.04 Å². The summed E-state index contributed by atoms with van der Waals surface area (Å²) in [6, 6.07) is 19.1. The van der Waals surface area contributed by atoms with E-state index in [0.717, 1.165) is 27.9 Å². The van der Waals surface area contributed by atoms with Gasteiger partial charge in [-0.05, 0) is 53.9 Å². The molecule has 0 aliphatic rings. The van der Waals surface area contributed by atoms with E-state index < -0.39 is 0 Å². The highest BCUT2D eigenvalue weighted by molar-refractivity contribution is 6.30. The Morgan fingerprint density at radius 3 is 2.55 bits per heavy atom. The summed E-state index contributed by atoms with van der Waals surface area (Å²) in [6.07, 6.45) is 5.76. The molecule has 0 radical (unpaired) electrons. The molecule has 2 heterocycles. The van der Waals surface area contributed by atoms with Gasteiger partial charge in [-0.1, -0.05) is 41.9 Å². The van der Waals surface area contributed by atoms with Crippen molar-refractivity contribution in [1.29, 1.82) is 0 Å². The van der Waals surface area contributed by atoms with Crippen molar-refractivity contribution in [3.8, 4) is 5.75 Å². The molecule has 1 unspecified atom stereocenters. The molecule has 0 fully saturated rings. The third-order valence-electron chi connectivity index (χ3n) is 4.81. The van der Waals surface area contributed by atoms with Gasteiger partial charge in [-0.25, -0.2) is 4.98 Å². The fourth-order valence-electron chi connectivity index (χ4n) is 3.45. The quantitative estimate of drug-likeness (QED) is 0.394. The van der Waals surface area contributed by atoms with Crippen LogP contribution in [0.3, 0.4) is 0 Å². The van der Waals surface area contributed by atoms with Crippen LogP contribution in [0.4, 0.5) is 5.82 Å². The van der Waals surface area contributed by atoms with Crippen LogP contribution in [0, 0.1) is 0 Å². The van der Waals surface area contributed by atoms with Crippen molar-refractivity contribution in [2.45, 2.75) is 12.5 Å². The van der Waals surface area contributed by atoms with Gasteiger partial charge in [0.2, 0.25) is 0 Å². The third-order valence-corrected chi connectivity index (χ3v) is 5.06. The lowest BCUT2D eigenvalue weighted by molar-refractivity contribution is 0.474. The number of benzene rings is 2. The van der Waals surface area contributed by atoms with E-state index in [-0.39, 0.29) is 11.8 Å². The number of aromatic hydroxyl groups is 1. The van der Waals surface area contributed by atoms with Crippen molar-refractivity contribution in [3.63, 3.8) is 0 Å². The Morgan fingerprint density at radius 1 is 1.03 bits per heavy atom. The number of fused-ring (bicyclic) bond motifs is 1. The topological polar surface area (TPSA) is 58.0 Å². The zero-order valence-corrected chi connectivity index (χ0v) is 16.5. The van der Waals surface area contributed by atoms with E-state index in [1.54, 1.807) is 18.5 Å². The first-order chi connectivity index (χ1) is 14.2. The predicted octanol–water partition coefficient (Wildman–Crippen LogP) is 5.92. The summed E-state index contributed by atoms with van der Waals surface area (Å²) in [5.74, 6) is 0.944. The van der Waals surface area contributed by atoms with E-state index >= 15 is 0 Å². The van der Waals surface area contributed by atoms with Crippen LogP contribution in [0.5, 0.6) is 5.75 Å². The van der Waals surface area contributed by atoms with Crippen LogP contribution in [0.2, 0.25) is 5.02 Å². The highest BCUT2D eigenvalue weighted by Crippen LogP contribution is 2.37. The molecule has 2 aromatic heterocycles. The number of hydrogen-bond donors (Lipinski definition) is 2. The number of phenols is 1. The van der Waals surface area contributed by atoms with Crippen LogP contribution in [-0.4, -0.2) is 15.1 Å². The Labute approximate surface area is 174 Å². The SMILES string of the molecule is C=CCc1cc(C(Nc2ccccn2)c2ccc(Cl)cc2)c2cccnc2c1O. The minimum atomic E-state index is -0.210. The van der Waals surface area contributed by atoms with Crippen molar-refractivity contribution in [3.05, 3.63) is 107 Å². The molecule has 29 heavy (non-hydrogen) atoms. The monoisotopic (exact) mass is 401 g/mol. The summed E-state index contributed by atoms with van der Waals surface area (Å²) in [6.45, 7) is 3.82. The van der Waals surface area contributed by atoms with Crippen LogP contribution in [0.15, 0.2) is 85.7 Å². The van der Waals surface area contributed by atoms with Gasteiger partial charge in [-0.3, -0.25) is 4.98 Å². The number of rotatable bonds is 6. The Morgan fingerprint density at radius 2 is 1.83 bits per heavy atom. The standard InChI is InChI=1S/C24H20ClN3O/c1-2-6-17-15-20(19-7-5-14-27-23(19)24(17)29)22(16-9-11-18(25)12-10-16)28-21-8-3-4-13-26-21/h2-5,7-15,22,29H,1,6H2,(H,26,28). The first-order valence-electron chi connectivity index (χ1n) is 9.31. The minimum absolute atomic E-state index is 0.192. The molecule has 0 bridgehead atoms. The molecular formula is C24H20ClN3O. The summed E-state index contributed by atoms with van der Waals surface area (Å²) in [5.41, 5.74) is 3.38. The van der Waals surface area contributed by atoms with Crippen LogP contribution in [0.25, 0.3) is 10.9 Å². The number of anilines is 1. The van der Waals surface area contributed by atoms with Gasteiger partial charge in [0, 0.05) is 28.4 Å². The number of aromatic nitrogens is 2. The van der Waals surface area contributed by atoms with Gasteiger partial charge < -0.3 is 10.4 Å². The maximum Gasteiger partial charge on any atom is 0.145 e. The van der Waals surface area contributed by atoms with E-state index in [9.17, 15) is 5.11 Å². The molecule has 1 atom stereocenters. The van der Waals surface area contributed by atoms with Crippen molar-refractivity contribution < 1.29 is 5.11 Å². The molecule has 4 rings (SSSR count). The highest BCUT2D eigenvalue weighted by atomic mass is 35.5. The summed E-state index contributed by atoms with van der Waals surface area (Å²) in [4.78, 5) is 8.86. The van der Waals surface area contributed by atoms with Crippen molar-refractivity contribution in [2.75, 3.05) is 5.32 Å². The maximum absolute atomic E-state index is 10.7. The zero-order chi connectivity index (χ0) is 20.2. The molecule has 4 nitrogen and oxygen atoms in total. The van der Waals surface area contributed by atoms with Gasteiger partial charge in [0.15, 0.2) is 0 Å². The van der Waals surface area contributed by atoms with Gasteiger partial charge >= 0.3 is 0 Å². The molecule has 4 aromatic rings. The maximum atomic E-state index is 10.7. The van der Waals surface area contributed by atoms with Gasteiger partial charge in [0.1, 0.15) is 17.1 Å². The normalized spacial score (nSPS) is 11.9. The first-order valence-corrected chi connectivity index (χ1v) is 9.68. The first kappa shape index (κ1) is 19.0. The largest absolute Gasteiger partial charge is 0.505 e. The second-order valence-corrected chi connectivity index (χ2v) is 7.15. The predicted molar refractivity (Wildman–Crippen MR) is 118 cm³/mol. The molecule has 0 saturated carbocycles. The van der Waals surface area contributed by atoms with Crippen LogP contribution >= 0.6 is 11.6 Å². The van der Waals surface area contributed by atoms with Gasteiger partial charge in [0.25, 0.3) is 0 Å². The van der Waals surface area contributed by atoms with E-state index in [4.69, 9.17) is 11.6 Å². The molecule has 144 valence electrons. The second-order valence-electron chi connectivity index (χ2n) is 6.71. The molecule has 0 amide bonds. The number of phenolic OH excluding ortho intramolecular Hbond substituents is 1. The summed E-state index contributed by atoms with van der Waals surface area (Å²) >= 11 is 6.12. The zero-order valence-electron chi connectivity index (χ0n) is 15.7. The molecule has 2 aromatic carbocycles. The summed E-state index contributed by atoms with van der Waals surface area (Å²) in [7, 11) is 0. The molecule has 5 heteroatoms. The number of nitrogens with zero attached hydrogens (tertiary/aromatic N) is 2. The highest BCUT2D eigenvalue weighted by Gasteiger charge is 2.21. The number of allylic oxidation sites excluding steroid dienone is 1. The molecular weight excluding hydrogens is 382 g/mol. The fourth-order valence-corrected chi connectivity index (χ4v) is 3.58. The van der Waals surface area contributed by atoms with Crippen molar-refractivity contribution >= 4 is 28.3 Å². The summed E-state index contributed by atoms with van der Waals surface area (Å²) in [5, 5.41) is 15.8. The lowest BCUT2D eigenvalue weighted by Crippen LogP contribution is -2.14. The van der Waals surface area contributed by atoms with Gasteiger partial charge in [-0.2, -0.15) is 0 Å². The van der Waals surface area contributed by atoms with E-state index in [2.05, 4.69) is 21.9 Å². The van der Waals surface area contributed by atoms with E-state index in [1.165, 1.54) is 0 Å². The molecule has 0 aliphatic carbocycles. The van der Waals surface area contributed by atoms with Gasteiger partial charge in [-0.15, -0.1) is 6.58 Å². The Balaban J connectivity index is 1.94. The summed E-state index contributed by atoms with van der Waals surface area (Å²) < 4.78 is 0. The van der Waals surface area contributed by atoms with Crippen LogP contribution in [0.1, 0.15) is 22.7 Å². The van der Waals surface area contributed by atoms with E-state index in [0.29, 0.717) is 17.0 Å². The fraction of sp³-hybridized carbons (Fsp3) is 0.0833. The van der Waals surface area contributed by atoms with Crippen molar-refractivity contribution in [1.82, 2.24) is 9.97 Å². The lowest BCUT2D eigenvalue weighted by Gasteiger charge is -2.23.